The van der Waals surface area contributed by atoms with Gasteiger partial charge in [0.2, 0.25) is 5.91 Å². The molecule has 0 spiro atoms. The van der Waals surface area contributed by atoms with Gasteiger partial charge in [-0.1, -0.05) is 60.2 Å². The minimum atomic E-state index is -0.0452. The van der Waals surface area contributed by atoms with Gasteiger partial charge in [-0.05, 0) is 31.2 Å². The summed E-state index contributed by atoms with van der Waals surface area (Å²) in [7, 11) is 0. The van der Waals surface area contributed by atoms with E-state index in [1.165, 1.54) is 0 Å². The van der Waals surface area contributed by atoms with Crippen LogP contribution in [0.2, 0.25) is 0 Å². The van der Waals surface area contributed by atoms with Crippen molar-refractivity contribution in [3.8, 4) is 0 Å². The van der Waals surface area contributed by atoms with Gasteiger partial charge in [-0.25, -0.2) is 0 Å². The molecule has 124 valence electrons. The highest BCUT2D eigenvalue weighted by molar-refractivity contribution is 5.98. The largest absolute Gasteiger partial charge is 0.349 e. The molecule has 1 unspecified atom stereocenters. The quantitative estimate of drug-likeness (QED) is 0.776. The monoisotopic (exact) mass is 321 g/mol. The SMILES string of the molecule is Cc1ccc(C(=O)CCC(=O)NC(c2ccccc2)C2CC2)cc1. The van der Waals surface area contributed by atoms with Gasteiger partial charge in [-0.2, -0.15) is 0 Å². The minimum Gasteiger partial charge on any atom is -0.349 e. The molecule has 1 atom stereocenters. The maximum Gasteiger partial charge on any atom is 0.220 e. The van der Waals surface area contributed by atoms with Crippen LogP contribution in [0.15, 0.2) is 54.6 Å². The topological polar surface area (TPSA) is 46.2 Å². The molecule has 0 saturated heterocycles. The van der Waals surface area contributed by atoms with Crippen molar-refractivity contribution in [2.24, 2.45) is 5.92 Å². The summed E-state index contributed by atoms with van der Waals surface area (Å²) >= 11 is 0. The van der Waals surface area contributed by atoms with Crippen molar-refractivity contribution < 1.29 is 9.59 Å². The first-order valence-electron chi connectivity index (χ1n) is 8.57. The van der Waals surface area contributed by atoms with Crippen LogP contribution in [-0.2, 0) is 4.79 Å². The third-order valence-corrected chi connectivity index (χ3v) is 4.52. The molecule has 3 rings (SSSR count). The van der Waals surface area contributed by atoms with Crippen LogP contribution < -0.4 is 5.32 Å². The van der Waals surface area contributed by atoms with Crippen molar-refractivity contribution in [3.63, 3.8) is 0 Å². The number of amides is 1. The Hall–Kier alpha value is -2.42. The van der Waals surface area contributed by atoms with Gasteiger partial charge in [0, 0.05) is 18.4 Å². The predicted octanol–water partition coefficient (Wildman–Crippen LogP) is 4.23. The van der Waals surface area contributed by atoms with Gasteiger partial charge in [-0.15, -0.1) is 0 Å². The fraction of sp³-hybridized carbons (Fsp3) is 0.333. The fourth-order valence-electron chi connectivity index (χ4n) is 2.92. The zero-order valence-electron chi connectivity index (χ0n) is 14.0. The number of rotatable bonds is 7. The highest BCUT2D eigenvalue weighted by Crippen LogP contribution is 2.40. The molecular weight excluding hydrogens is 298 g/mol. The molecule has 2 aromatic carbocycles. The summed E-state index contributed by atoms with van der Waals surface area (Å²) in [5, 5.41) is 3.12. The van der Waals surface area contributed by atoms with Gasteiger partial charge in [0.1, 0.15) is 0 Å². The maximum absolute atomic E-state index is 12.3. The molecule has 0 aromatic heterocycles. The van der Waals surface area contributed by atoms with Crippen LogP contribution in [0.1, 0.15) is 53.2 Å². The lowest BCUT2D eigenvalue weighted by molar-refractivity contribution is -0.122. The third-order valence-electron chi connectivity index (χ3n) is 4.52. The van der Waals surface area contributed by atoms with Crippen LogP contribution >= 0.6 is 0 Å². The minimum absolute atomic E-state index is 0.0211. The standard InChI is InChI=1S/C21H23NO2/c1-15-7-9-16(10-8-15)19(23)13-14-20(24)22-21(18-11-12-18)17-5-3-2-4-6-17/h2-10,18,21H,11-14H2,1H3,(H,22,24). The summed E-state index contributed by atoms with van der Waals surface area (Å²) in [6.07, 6.45) is 2.80. The molecule has 1 N–H and O–H groups in total. The summed E-state index contributed by atoms with van der Waals surface area (Å²) in [5.41, 5.74) is 2.95. The van der Waals surface area contributed by atoms with Crippen molar-refractivity contribution in [2.75, 3.05) is 0 Å². The van der Waals surface area contributed by atoms with Crippen LogP contribution in [0.4, 0.5) is 0 Å². The highest BCUT2D eigenvalue weighted by Gasteiger charge is 2.33. The molecular formula is C21H23NO2. The van der Waals surface area contributed by atoms with Crippen molar-refractivity contribution in [1.29, 1.82) is 0 Å². The van der Waals surface area contributed by atoms with Gasteiger partial charge < -0.3 is 5.32 Å². The van der Waals surface area contributed by atoms with Crippen molar-refractivity contribution in [3.05, 3.63) is 71.3 Å². The van der Waals surface area contributed by atoms with Crippen LogP contribution in [-0.4, -0.2) is 11.7 Å². The predicted molar refractivity (Wildman–Crippen MR) is 94.8 cm³/mol. The first kappa shape index (κ1) is 16.4. The summed E-state index contributed by atoms with van der Waals surface area (Å²) in [6, 6.07) is 17.7. The molecule has 0 heterocycles. The molecule has 1 amide bonds. The van der Waals surface area contributed by atoms with Crippen LogP contribution in [0.5, 0.6) is 0 Å². The molecule has 0 radical (unpaired) electrons. The van der Waals surface area contributed by atoms with Gasteiger partial charge in [-0.3, -0.25) is 9.59 Å². The lowest BCUT2D eigenvalue weighted by atomic mass is 10.0. The van der Waals surface area contributed by atoms with Crippen LogP contribution in [0.25, 0.3) is 0 Å². The average Bonchev–Trinajstić information content (AvgIpc) is 3.44. The smallest absolute Gasteiger partial charge is 0.220 e. The third kappa shape index (κ3) is 4.31. The van der Waals surface area contributed by atoms with E-state index in [9.17, 15) is 9.59 Å². The van der Waals surface area contributed by atoms with Gasteiger partial charge in [0.05, 0.1) is 6.04 Å². The zero-order chi connectivity index (χ0) is 16.9. The maximum atomic E-state index is 12.3. The van der Waals surface area contributed by atoms with Crippen molar-refractivity contribution in [2.45, 2.75) is 38.6 Å². The van der Waals surface area contributed by atoms with Gasteiger partial charge in [0.25, 0.3) is 0 Å². The molecule has 3 nitrogen and oxygen atoms in total. The Bertz CT molecular complexity index is 702. The number of carbonyl (C=O) groups is 2. The van der Waals surface area contributed by atoms with Gasteiger partial charge in [0.15, 0.2) is 5.78 Å². The summed E-state index contributed by atoms with van der Waals surface area (Å²) in [4.78, 5) is 24.5. The molecule has 2 aromatic rings. The molecule has 1 aliphatic rings. The van der Waals surface area contributed by atoms with E-state index in [2.05, 4.69) is 17.4 Å². The molecule has 0 bridgehead atoms. The number of ketones is 1. The highest BCUT2D eigenvalue weighted by atomic mass is 16.2. The molecule has 24 heavy (non-hydrogen) atoms. The number of benzene rings is 2. The Morgan fingerprint density at radius 2 is 1.67 bits per heavy atom. The summed E-state index contributed by atoms with van der Waals surface area (Å²) < 4.78 is 0. The van der Waals surface area contributed by atoms with E-state index < -0.39 is 0 Å². The Balaban J connectivity index is 1.54. The molecule has 1 aliphatic carbocycles. The van der Waals surface area contributed by atoms with E-state index in [1.807, 2.05) is 49.4 Å². The first-order valence-corrected chi connectivity index (χ1v) is 8.57. The lowest BCUT2D eigenvalue weighted by Crippen LogP contribution is -2.30. The van der Waals surface area contributed by atoms with E-state index in [-0.39, 0.29) is 30.6 Å². The Morgan fingerprint density at radius 1 is 1.00 bits per heavy atom. The van der Waals surface area contributed by atoms with Crippen LogP contribution in [0, 0.1) is 12.8 Å². The normalized spacial score (nSPS) is 14.9. The van der Waals surface area contributed by atoms with Crippen molar-refractivity contribution >= 4 is 11.7 Å². The van der Waals surface area contributed by atoms with Crippen LogP contribution in [0.3, 0.4) is 0 Å². The number of hydrogen-bond acceptors (Lipinski definition) is 2. The van der Waals surface area contributed by atoms with E-state index in [0.717, 1.165) is 24.0 Å². The Kier molecular flexibility index (Phi) is 5.09. The number of aryl methyl sites for hydroxylation is 1. The number of Topliss-reactive ketones (excluding diaryl/α,β-unsaturated/α-hetero) is 1. The Labute approximate surface area is 143 Å². The second-order valence-electron chi connectivity index (χ2n) is 6.58. The summed E-state index contributed by atoms with van der Waals surface area (Å²) in [5.74, 6) is 0.508. The average molecular weight is 321 g/mol. The second-order valence-corrected chi connectivity index (χ2v) is 6.58. The lowest BCUT2D eigenvalue weighted by Gasteiger charge is -2.18. The number of carbonyl (C=O) groups excluding carboxylic acids is 2. The van der Waals surface area contributed by atoms with Gasteiger partial charge >= 0.3 is 0 Å². The number of nitrogens with one attached hydrogen (secondary N) is 1. The first-order chi connectivity index (χ1) is 11.6. The zero-order valence-corrected chi connectivity index (χ0v) is 14.0. The summed E-state index contributed by atoms with van der Waals surface area (Å²) in [6.45, 7) is 1.99. The molecule has 1 fully saturated rings. The fourth-order valence-corrected chi connectivity index (χ4v) is 2.92. The van der Waals surface area contributed by atoms with E-state index >= 15 is 0 Å². The van der Waals surface area contributed by atoms with Crippen molar-refractivity contribution in [1.82, 2.24) is 5.32 Å². The number of hydrogen-bond donors (Lipinski definition) is 1. The molecule has 0 aliphatic heterocycles. The molecule has 3 heteroatoms. The molecule has 1 saturated carbocycles. The Morgan fingerprint density at radius 3 is 2.29 bits per heavy atom. The van der Waals surface area contributed by atoms with E-state index in [4.69, 9.17) is 0 Å². The second kappa shape index (κ2) is 7.43. The van der Waals surface area contributed by atoms with E-state index in [0.29, 0.717) is 11.5 Å². The van der Waals surface area contributed by atoms with E-state index in [1.54, 1.807) is 0 Å².